The van der Waals surface area contributed by atoms with E-state index >= 15 is 0 Å². The molecular weight excluding hydrogens is 320 g/mol. The minimum atomic E-state index is -0.910. The monoisotopic (exact) mass is 344 g/mol. The second-order valence-corrected chi connectivity index (χ2v) is 7.03. The van der Waals surface area contributed by atoms with Crippen molar-refractivity contribution in [2.75, 3.05) is 5.32 Å². The lowest BCUT2D eigenvalue weighted by Gasteiger charge is -2.20. The van der Waals surface area contributed by atoms with E-state index < -0.39 is 17.8 Å². The molecule has 25 heavy (non-hydrogen) atoms. The summed E-state index contributed by atoms with van der Waals surface area (Å²) in [4.78, 5) is 35.0. The standard InChI is InChI=1S/C19H24N2O4/c22-17(13-6-2-1-3-7-13)21-14-8-4-5-12(9-14)11-20-18(23)15-10-16(15)19(24)25/h4-5,8-9,13,15-16H,1-3,6-7,10-11H2,(H,20,23)(H,21,22)(H,24,25). The summed E-state index contributed by atoms with van der Waals surface area (Å²) in [5.74, 6) is -1.91. The number of anilines is 1. The number of nitrogens with one attached hydrogen (secondary N) is 2. The Morgan fingerprint density at radius 3 is 2.48 bits per heavy atom. The first-order valence-corrected chi connectivity index (χ1v) is 8.95. The summed E-state index contributed by atoms with van der Waals surface area (Å²) < 4.78 is 0. The molecule has 6 heteroatoms. The summed E-state index contributed by atoms with van der Waals surface area (Å²) in [5, 5.41) is 14.6. The third kappa shape index (κ3) is 4.59. The molecule has 134 valence electrons. The molecule has 2 atom stereocenters. The fourth-order valence-corrected chi connectivity index (χ4v) is 3.45. The van der Waals surface area contributed by atoms with Crippen molar-refractivity contribution in [1.29, 1.82) is 0 Å². The lowest BCUT2D eigenvalue weighted by molar-refractivity contribution is -0.140. The highest BCUT2D eigenvalue weighted by Gasteiger charge is 2.48. The number of carbonyl (C=O) groups is 3. The number of amides is 2. The van der Waals surface area contributed by atoms with Gasteiger partial charge in [0.1, 0.15) is 0 Å². The quantitative estimate of drug-likeness (QED) is 0.739. The van der Waals surface area contributed by atoms with E-state index in [-0.39, 0.29) is 17.7 Å². The molecule has 0 aliphatic heterocycles. The summed E-state index contributed by atoms with van der Waals surface area (Å²) in [6.07, 6.45) is 5.76. The summed E-state index contributed by atoms with van der Waals surface area (Å²) in [6.45, 7) is 0.328. The second kappa shape index (κ2) is 7.68. The molecule has 2 amide bonds. The van der Waals surface area contributed by atoms with Crippen molar-refractivity contribution in [2.24, 2.45) is 17.8 Å². The van der Waals surface area contributed by atoms with Crippen LogP contribution in [0.25, 0.3) is 0 Å². The second-order valence-electron chi connectivity index (χ2n) is 7.03. The fraction of sp³-hybridized carbons (Fsp3) is 0.526. The highest BCUT2D eigenvalue weighted by atomic mass is 16.4. The lowest BCUT2D eigenvalue weighted by atomic mass is 9.88. The van der Waals surface area contributed by atoms with Crippen LogP contribution >= 0.6 is 0 Å². The summed E-state index contributed by atoms with van der Waals surface area (Å²) in [5.41, 5.74) is 1.61. The first-order chi connectivity index (χ1) is 12.0. The molecule has 2 aliphatic rings. The summed E-state index contributed by atoms with van der Waals surface area (Å²) in [7, 11) is 0. The average Bonchev–Trinajstić information content (AvgIpc) is 3.42. The van der Waals surface area contributed by atoms with Crippen molar-refractivity contribution >= 4 is 23.5 Å². The molecule has 0 bridgehead atoms. The van der Waals surface area contributed by atoms with Crippen LogP contribution in [0.15, 0.2) is 24.3 Å². The Balaban J connectivity index is 1.50. The van der Waals surface area contributed by atoms with Gasteiger partial charge in [-0.1, -0.05) is 31.4 Å². The Bertz CT molecular complexity index is 667. The topological polar surface area (TPSA) is 95.5 Å². The highest BCUT2D eigenvalue weighted by Crippen LogP contribution is 2.38. The molecule has 2 fully saturated rings. The highest BCUT2D eigenvalue weighted by molar-refractivity contribution is 5.92. The van der Waals surface area contributed by atoms with E-state index in [0.717, 1.165) is 36.9 Å². The number of hydrogen-bond donors (Lipinski definition) is 3. The normalized spacial score (nSPS) is 22.9. The van der Waals surface area contributed by atoms with Crippen LogP contribution in [-0.2, 0) is 20.9 Å². The zero-order valence-electron chi connectivity index (χ0n) is 14.2. The number of rotatable bonds is 6. The SMILES string of the molecule is O=C(Nc1cccc(CNC(=O)C2CC2C(=O)O)c1)C1CCCCC1. The van der Waals surface area contributed by atoms with Crippen molar-refractivity contribution in [2.45, 2.75) is 45.1 Å². The van der Waals surface area contributed by atoms with E-state index in [1.54, 1.807) is 0 Å². The van der Waals surface area contributed by atoms with Gasteiger partial charge in [-0.2, -0.15) is 0 Å². The van der Waals surface area contributed by atoms with E-state index in [1.165, 1.54) is 6.42 Å². The Labute approximate surface area is 147 Å². The first kappa shape index (κ1) is 17.5. The van der Waals surface area contributed by atoms with Gasteiger partial charge in [0.25, 0.3) is 0 Å². The Morgan fingerprint density at radius 2 is 1.80 bits per heavy atom. The maximum Gasteiger partial charge on any atom is 0.307 e. The van der Waals surface area contributed by atoms with Gasteiger partial charge in [0.05, 0.1) is 11.8 Å². The van der Waals surface area contributed by atoms with Crippen molar-refractivity contribution in [1.82, 2.24) is 5.32 Å². The van der Waals surface area contributed by atoms with E-state index in [9.17, 15) is 14.4 Å². The van der Waals surface area contributed by atoms with Gasteiger partial charge in [0.15, 0.2) is 0 Å². The Kier molecular flexibility index (Phi) is 5.36. The van der Waals surface area contributed by atoms with Gasteiger partial charge in [0, 0.05) is 18.2 Å². The number of carboxylic acid groups (broad SMARTS) is 1. The van der Waals surface area contributed by atoms with Crippen LogP contribution in [0.2, 0.25) is 0 Å². The number of carboxylic acids is 1. The molecule has 2 saturated carbocycles. The van der Waals surface area contributed by atoms with Gasteiger partial charge < -0.3 is 15.7 Å². The van der Waals surface area contributed by atoms with Gasteiger partial charge >= 0.3 is 5.97 Å². The summed E-state index contributed by atoms with van der Waals surface area (Å²) in [6, 6.07) is 7.41. The number of carbonyl (C=O) groups excluding carboxylic acids is 2. The van der Waals surface area contributed by atoms with Crippen LogP contribution in [0.5, 0.6) is 0 Å². The van der Waals surface area contributed by atoms with Crippen LogP contribution < -0.4 is 10.6 Å². The molecule has 0 aromatic heterocycles. The van der Waals surface area contributed by atoms with Crippen molar-refractivity contribution < 1.29 is 19.5 Å². The van der Waals surface area contributed by atoms with Gasteiger partial charge in [0.2, 0.25) is 11.8 Å². The molecule has 0 spiro atoms. The third-order valence-electron chi connectivity index (χ3n) is 5.08. The van der Waals surface area contributed by atoms with Crippen LogP contribution in [-0.4, -0.2) is 22.9 Å². The van der Waals surface area contributed by atoms with E-state index in [1.807, 2.05) is 24.3 Å². The van der Waals surface area contributed by atoms with Gasteiger partial charge in [-0.3, -0.25) is 14.4 Å². The zero-order valence-corrected chi connectivity index (χ0v) is 14.2. The van der Waals surface area contributed by atoms with Gasteiger partial charge in [-0.25, -0.2) is 0 Å². The summed E-state index contributed by atoms with van der Waals surface area (Å²) >= 11 is 0. The molecule has 2 unspecified atom stereocenters. The van der Waals surface area contributed by atoms with Crippen LogP contribution in [0.1, 0.15) is 44.1 Å². The molecule has 3 rings (SSSR count). The van der Waals surface area contributed by atoms with E-state index in [2.05, 4.69) is 10.6 Å². The van der Waals surface area contributed by atoms with Crippen molar-refractivity contribution in [3.63, 3.8) is 0 Å². The van der Waals surface area contributed by atoms with Crippen LogP contribution in [0, 0.1) is 17.8 Å². The molecule has 3 N–H and O–H groups in total. The predicted molar refractivity (Wildman–Crippen MR) is 92.7 cm³/mol. The Hall–Kier alpha value is -2.37. The van der Waals surface area contributed by atoms with Crippen LogP contribution in [0.4, 0.5) is 5.69 Å². The lowest BCUT2D eigenvalue weighted by Crippen LogP contribution is -2.26. The van der Waals surface area contributed by atoms with Crippen molar-refractivity contribution in [3.8, 4) is 0 Å². The maximum atomic E-state index is 12.3. The van der Waals surface area contributed by atoms with Gasteiger partial charge in [-0.05, 0) is 37.0 Å². The fourth-order valence-electron chi connectivity index (χ4n) is 3.45. The molecule has 0 radical (unpaired) electrons. The molecule has 0 heterocycles. The molecule has 6 nitrogen and oxygen atoms in total. The smallest absolute Gasteiger partial charge is 0.307 e. The van der Waals surface area contributed by atoms with E-state index in [4.69, 9.17) is 5.11 Å². The zero-order chi connectivity index (χ0) is 17.8. The predicted octanol–water partition coefficient (Wildman–Crippen LogP) is 2.54. The molecular formula is C19H24N2O4. The molecule has 1 aromatic rings. The minimum Gasteiger partial charge on any atom is -0.481 e. The number of benzene rings is 1. The van der Waals surface area contributed by atoms with E-state index in [0.29, 0.717) is 13.0 Å². The molecule has 2 aliphatic carbocycles. The average molecular weight is 344 g/mol. The minimum absolute atomic E-state index is 0.0724. The third-order valence-corrected chi connectivity index (χ3v) is 5.08. The van der Waals surface area contributed by atoms with Crippen molar-refractivity contribution in [3.05, 3.63) is 29.8 Å². The number of aliphatic carboxylic acids is 1. The Morgan fingerprint density at radius 1 is 1.04 bits per heavy atom. The molecule has 0 saturated heterocycles. The van der Waals surface area contributed by atoms with Gasteiger partial charge in [-0.15, -0.1) is 0 Å². The van der Waals surface area contributed by atoms with Crippen LogP contribution in [0.3, 0.4) is 0 Å². The maximum absolute atomic E-state index is 12.3. The number of hydrogen-bond acceptors (Lipinski definition) is 3. The largest absolute Gasteiger partial charge is 0.481 e. The first-order valence-electron chi connectivity index (χ1n) is 8.95. The molecule has 1 aromatic carbocycles.